The number of carbonyl (C=O) groups is 2. The van der Waals surface area contributed by atoms with E-state index in [2.05, 4.69) is 17.3 Å². The normalized spacial score (nSPS) is 19.4. The van der Waals surface area contributed by atoms with Gasteiger partial charge in [-0.25, -0.2) is 0 Å². The van der Waals surface area contributed by atoms with E-state index in [4.69, 9.17) is 11.6 Å². The summed E-state index contributed by atoms with van der Waals surface area (Å²) in [6.45, 7) is 4.07. The molecule has 1 aromatic heterocycles. The number of para-hydroxylation sites is 1. The molecule has 2 aliphatic rings. The van der Waals surface area contributed by atoms with Gasteiger partial charge in [0, 0.05) is 43.3 Å². The molecule has 2 unspecified atom stereocenters. The molecule has 1 saturated heterocycles. The van der Waals surface area contributed by atoms with Crippen LogP contribution in [0.1, 0.15) is 23.7 Å². The Labute approximate surface area is 208 Å². The summed E-state index contributed by atoms with van der Waals surface area (Å²) in [6.07, 6.45) is 2.51. The minimum absolute atomic E-state index is 0.00962. The van der Waals surface area contributed by atoms with E-state index in [-0.39, 0.29) is 28.3 Å². The first-order chi connectivity index (χ1) is 16.9. The second kappa shape index (κ2) is 9.54. The van der Waals surface area contributed by atoms with E-state index in [1.54, 1.807) is 47.5 Å². The van der Waals surface area contributed by atoms with Crippen molar-refractivity contribution >= 4 is 34.8 Å². The predicted octanol–water partition coefficient (Wildman–Crippen LogP) is 3.44. The van der Waals surface area contributed by atoms with Crippen LogP contribution < -0.4 is 15.8 Å². The summed E-state index contributed by atoms with van der Waals surface area (Å²) in [7, 11) is 0. The Morgan fingerprint density at radius 1 is 1.03 bits per heavy atom. The Balaban J connectivity index is 1.24. The lowest BCUT2D eigenvalue weighted by Gasteiger charge is -2.36. The number of aromatic nitrogens is 2. The second-order valence-electron chi connectivity index (χ2n) is 9.07. The molecular formula is C26H26ClN5O3. The van der Waals surface area contributed by atoms with Crippen molar-refractivity contribution in [3.63, 3.8) is 0 Å². The fraction of sp³-hybridized carbons (Fsp3) is 0.308. The van der Waals surface area contributed by atoms with Crippen molar-refractivity contribution in [3.8, 4) is 5.69 Å². The smallest absolute Gasteiger partial charge is 0.292 e. The molecule has 2 amide bonds. The number of benzene rings is 2. The number of nitrogens with one attached hydrogen (secondary N) is 1. The van der Waals surface area contributed by atoms with E-state index in [1.165, 1.54) is 4.68 Å². The zero-order valence-corrected chi connectivity index (χ0v) is 20.1. The molecule has 1 aliphatic carbocycles. The maximum absolute atomic E-state index is 13.1. The fourth-order valence-electron chi connectivity index (χ4n) is 4.38. The Kier molecular flexibility index (Phi) is 6.30. The summed E-state index contributed by atoms with van der Waals surface area (Å²) in [4.78, 5) is 41.9. The number of rotatable bonds is 5. The highest BCUT2D eigenvalue weighted by atomic mass is 35.5. The topological polar surface area (TPSA) is 87.5 Å². The van der Waals surface area contributed by atoms with Crippen LogP contribution >= 0.6 is 11.6 Å². The lowest BCUT2D eigenvalue weighted by molar-refractivity contribution is -0.117. The average molecular weight is 492 g/mol. The van der Waals surface area contributed by atoms with Crippen molar-refractivity contribution in [2.24, 2.45) is 11.8 Å². The third-order valence-corrected chi connectivity index (χ3v) is 6.99. The minimum Gasteiger partial charge on any atom is -0.365 e. The third-order valence-electron chi connectivity index (χ3n) is 6.63. The standard InChI is InChI=1S/C26H26ClN5O3/c1-17-14-21(17)24(33)29-19-7-5-6-18(15-19)25(34)31-12-10-30(11-13-31)22-16-28-32(26(35)23(22)27)20-8-3-2-4-9-20/h2-9,15-17,21H,10-14H2,1H3,(H,29,33). The van der Waals surface area contributed by atoms with E-state index in [0.29, 0.717) is 54.7 Å². The van der Waals surface area contributed by atoms with Gasteiger partial charge in [-0.15, -0.1) is 0 Å². The van der Waals surface area contributed by atoms with Gasteiger partial charge in [0.1, 0.15) is 5.02 Å². The summed E-state index contributed by atoms with van der Waals surface area (Å²) in [5.41, 5.74) is 2.00. The summed E-state index contributed by atoms with van der Waals surface area (Å²) >= 11 is 6.44. The van der Waals surface area contributed by atoms with Crippen LogP contribution in [0.2, 0.25) is 5.02 Å². The molecule has 0 radical (unpaired) electrons. The van der Waals surface area contributed by atoms with Crippen molar-refractivity contribution in [3.05, 3.63) is 81.7 Å². The van der Waals surface area contributed by atoms with Crippen LogP contribution in [0.4, 0.5) is 11.4 Å². The van der Waals surface area contributed by atoms with Crippen molar-refractivity contribution in [1.29, 1.82) is 0 Å². The molecule has 8 nitrogen and oxygen atoms in total. The highest BCUT2D eigenvalue weighted by Crippen LogP contribution is 2.38. The second-order valence-corrected chi connectivity index (χ2v) is 9.44. The maximum Gasteiger partial charge on any atom is 0.292 e. The highest BCUT2D eigenvalue weighted by molar-refractivity contribution is 6.33. The van der Waals surface area contributed by atoms with E-state index >= 15 is 0 Å². The van der Waals surface area contributed by atoms with Gasteiger partial charge in [0.05, 0.1) is 17.6 Å². The lowest BCUT2D eigenvalue weighted by atomic mass is 10.1. The van der Waals surface area contributed by atoms with Gasteiger partial charge >= 0.3 is 0 Å². The maximum atomic E-state index is 13.1. The molecule has 0 spiro atoms. The highest BCUT2D eigenvalue weighted by Gasteiger charge is 2.39. The quantitative estimate of drug-likeness (QED) is 0.590. The third kappa shape index (κ3) is 4.79. The van der Waals surface area contributed by atoms with E-state index in [1.807, 2.05) is 23.1 Å². The van der Waals surface area contributed by atoms with Gasteiger partial charge in [-0.2, -0.15) is 9.78 Å². The van der Waals surface area contributed by atoms with E-state index in [9.17, 15) is 14.4 Å². The van der Waals surface area contributed by atoms with Crippen molar-refractivity contribution in [1.82, 2.24) is 14.7 Å². The van der Waals surface area contributed by atoms with Gasteiger partial charge in [0.2, 0.25) is 5.91 Å². The lowest BCUT2D eigenvalue weighted by Crippen LogP contribution is -2.49. The first-order valence-electron chi connectivity index (χ1n) is 11.7. The van der Waals surface area contributed by atoms with Crippen molar-refractivity contribution < 1.29 is 9.59 Å². The van der Waals surface area contributed by atoms with Gasteiger partial charge in [0.25, 0.3) is 11.5 Å². The summed E-state index contributed by atoms with van der Waals surface area (Å²) < 4.78 is 1.28. The zero-order valence-electron chi connectivity index (χ0n) is 19.4. The Hall–Kier alpha value is -3.65. The number of hydrogen-bond donors (Lipinski definition) is 1. The number of piperazine rings is 1. The molecule has 2 heterocycles. The van der Waals surface area contributed by atoms with E-state index in [0.717, 1.165) is 6.42 Å². The van der Waals surface area contributed by atoms with Crippen LogP contribution in [0, 0.1) is 11.8 Å². The Morgan fingerprint density at radius 2 is 1.74 bits per heavy atom. The van der Waals surface area contributed by atoms with Gasteiger partial charge in [0.15, 0.2) is 0 Å². The first-order valence-corrected chi connectivity index (χ1v) is 12.1. The van der Waals surface area contributed by atoms with Crippen LogP contribution in [-0.2, 0) is 4.79 Å². The zero-order chi connectivity index (χ0) is 24.5. The Morgan fingerprint density at radius 3 is 2.43 bits per heavy atom. The monoisotopic (exact) mass is 491 g/mol. The largest absolute Gasteiger partial charge is 0.365 e. The predicted molar refractivity (Wildman–Crippen MR) is 135 cm³/mol. The number of carbonyl (C=O) groups excluding carboxylic acids is 2. The molecule has 3 aromatic rings. The average Bonchev–Trinajstić information content (AvgIpc) is 3.63. The summed E-state index contributed by atoms with van der Waals surface area (Å²) in [5, 5.41) is 7.33. The van der Waals surface area contributed by atoms with Gasteiger partial charge in [-0.05, 0) is 42.7 Å². The van der Waals surface area contributed by atoms with E-state index < -0.39 is 0 Å². The molecule has 2 atom stereocenters. The number of anilines is 2. The Bertz CT molecular complexity index is 1320. The van der Waals surface area contributed by atoms with Crippen LogP contribution in [0.15, 0.2) is 65.6 Å². The number of nitrogens with zero attached hydrogens (tertiary/aromatic N) is 4. The molecule has 35 heavy (non-hydrogen) atoms. The SMILES string of the molecule is CC1CC1C(=O)Nc1cccc(C(=O)N2CCN(c3cnn(-c4ccccc4)c(=O)c3Cl)CC2)c1. The fourth-order valence-corrected chi connectivity index (χ4v) is 4.63. The molecule has 1 aliphatic heterocycles. The number of hydrogen-bond acceptors (Lipinski definition) is 5. The van der Waals surface area contributed by atoms with Crippen LogP contribution in [0.25, 0.3) is 5.69 Å². The number of halogens is 1. The molecule has 2 fully saturated rings. The van der Waals surface area contributed by atoms with Crippen LogP contribution in [0.3, 0.4) is 0 Å². The molecular weight excluding hydrogens is 466 g/mol. The molecule has 5 rings (SSSR count). The summed E-state index contributed by atoms with van der Waals surface area (Å²) in [6, 6.07) is 16.2. The number of amides is 2. The van der Waals surface area contributed by atoms with Crippen molar-refractivity contribution in [2.45, 2.75) is 13.3 Å². The molecule has 180 valence electrons. The summed E-state index contributed by atoms with van der Waals surface area (Å²) in [5.74, 6) is 0.406. The van der Waals surface area contributed by atoms with Crippen LogP contribution in [0.5, 0.6) is 0 Å². The van der Waals surface area contributed by atoms with Gasteiger partial charge < -0.3 is 15.1 Å². The molecule has 9 heteroatoms. The molecule has 1 saturated carbocycles. The molecule has 2 aromatic carbocycles. The minimum atomic E-state index is -0.381. The van der Waals surface area contributed by atoms with Crippen LogP contribution in [-0.4, -0.2) is 52.7 Å². The molecule has 0 bridgehead atoms. The van der Waals surface area contributed by atoms with Gasteiger partial charge in [-0.3, -0.25) is 14.4 Å². The van der Waals surface area contributed by atoms with Crippen molar-refractivity contribution in [2.75, 3.05) is 36.4 Å². The molecule has 1 N–H and O–H groups in total. The van der Waals surface area contributed by atoms with Gasteiger partial charge in [-0.1, -0.05) is 42.8 Å². The first kappa shape index (κ1) is 23.1.